The summed E-state index contributed by atoms with van der Waals surface area (Å²) in [6.45, 7) is 2.17. The Morgan fingerprint density at radius 2 is 2.08 bits per heavy atom. The number of benzene rings is 1. The van der Waals surface area contributed by atoms with E-state index >= 15 is 0 Å². The Labute approximate surface area is 159 Å². The van der Waals surface area contributed by atoms with E-state index in [0.29, 0.717) is 22.8 Å². The quantitative estimate of drug-likeness (QED) is 0.565. The maximum atomic E-state index is 13.8. The summed E-state index contributed by atoms with van der Waals surface area (Å²) in [5, 5.41) is 7.10. The Morgan fingerprint density at radius 3 is 2.75 bits per heavy atom. The Hall–Kier alpha value is -1.51. The van der Waals surface area contributed by atoms with Gasteiger partial charge in [-0.2, -0.15) is 5.10 Å². The molecule has 0 aliphatic carbocycles. The summed E-state index contributed by atoms with van der Waals surface area (Å²) in [7, 11) is 0. The molecule has 4 nitrogen and oxygen atoms in total. The van der Waals surface area contributed by atoms with Crippen molar-refractivity contribution < 1.29 is 9.18 Å². The lowest BCUT2D eigenvalue weighted by atomic mass is 10.2. The first kappa shape index (κ1) is 17.3. The van der Waals surface area contributed by atoms with Crippen molar-refractivity contribution in [2.75, 3.05) is 5.32 Å². The van der Waals surface area contributed by atoms with Crippen molar-refractivity contribution in [2.45, 2.75) is 13.5 Å². The molecular formula is C16H12Br2FN3OS. The second-order valence-corrected chi connectivity index (χ2v) is 8.33. The van der Waals surface area contributed by atoms with Crippen LogP contribution in [0, 0.1) is 12.7 Å². The van der Waals surface area contributed by atoms with E-state index in [4.69, 9.17) is 0 Å². The van der Waals surface area contributed by atoms with Gasteiger partial charge in [-0.1, -0.05) is 18.2 Å². The number of rotatable bonds is 4. The lowest BCUT2D eigenvalue weighted by Gasteiger charge is -2.05. The van der Waals surface area contributed by atoms with Crippen LogP contribution in [0.2, 0.25) is 0 Å². The highest BCUT2D eigenvalue weighted by Gasteiger charge is 2.14. The maximum absolute atomic E-state index is 13.8. The van der Waals surface area contributed by atoms with Gasteiger partial charge in [0.05, 0.1) is 15.2 Å². The van der Waals surface area contributed by atoms with Crippen molar-refractivity contribution in [1.82, 2.24) is 9.78 Å². The van der Waals surface area contributed by atoms with E-state index < -0.39 is 0 Å². The van der Waals surface area contributed by atoms with Crippen molar-refractivity contribution in [3.63, 3.8) is 0 Å². The highest BCUT2D eigenvalue weighted by molar-refractivity contribution is 9.13. The van der Waals surface area contributed by atoms with Gasteiger partial charge in [0.25, 0.3) is 5.91 Å². The number of halogens is 3. The molecule has 0 saturated heterocycles. The molecule has 0 aliphatic rings. The number of amides is 1. The third-order valence-electron chi connectivity index (χ3n) is 3.37. The van der Waals surface area contributed by atoms with Crippen LogP contribution in [0.25, 0.3) is 0 Å². The number of nitrogens with zero attached hydrogens (tertiary/aromatic N) is 2. The molecule has 3 rings (SSSR count). The van der Waals surface area contributed by atoms with Gasteiger partial charge in [-0.25, -0.2) is 4.39 Å². The fraction of sp³-hybridized carbons (Fsp3) is 0.125. The van der Waals surface area contributed by atoms with Crippen LogP contribution < -0.4 is 5.32 Å². The minimum Gasteiger partial charge on any atom is -0.304 e. The molecule has 0 aliphatic heterocycles. The lowest BCUT2D eigenvalue weighted by molar-refractivity contribution is 0.103. The van der Waals surface area contributed by atoms with Crippen LogP contribution in [-0.4, -0.2) is 15.7 Å². The summed E-state index contributed by atoms with van der Waals surface area (Å²) in [4.78, 5) is 12.8. The van der Waals surface area contributed by atoms with E-state index in [2.05, 4.69) is 42.3 Å². The third kappa shape index (κ3) is 3.76. The van der Waals surface area contributed by atoms with Crippen molar-refractivity contribution in [2.24, 2.45) is 0 Å². The zero-order valence-corrected chi connectivity index (χ0v) is 16.5. The van der Waals surface area contributed by atoms with Gasteiger partial charge in [0.15, 0.2) is 5.82 Å². The van der Waals surface area contributed by atoms with Crippen LogP contribution in [-0.2, 0) is 6.54 Å². The number of aryl methyl sites for hydroxylation is 1. The number of aromatic nitrogens is 2. The van der Waals surface area contributed by atoms with Crippen LogP contribution in [0.1, 0.15) is 20.9 Å². The molecular weight excluding hydrogens is 461 g/mol. The summed E-state index contributed by atoms with van der Waals surface area (Å²) in [6, 6.07) is 10.1. The van der Waals surface area contributed by atoms with E-state index in [1.165, 1.54) is 17.4 Å². The minimum absolute atomic E-state index is 0.234. The van der Waals surface area contributed by atoms with E-state index in [9.17, 15) is 9.18 Å². The molecule has 0 atom stereocenters. The first-order chi connectivity index (χ1) is 11.4. The van der Waals surface area contributed by atoms with Gasteiger partial charge in [-0.15, -0.1) is 11.3 Å². The van der Waals surface area contributed by atoms with E-state index in [1.807, 2.05) is 6.92 Å². The predicted octanol–water partition coefficient (Wildman–Crippen LogP) is 5.22. The third-order valence-corrected chi connectivity index (χ3v) is 6.62. The molecule has 0 bridgehead atoms. The molecule has 2 heterocycles. The van der Waals surface area contributed by atoms with Gasteiger partial charge in [-0.3, -0.25) is 9.48 Å². The Morgan fingerprint density at radius 1 is 1.33 bits per heavy atom. The lowest BCUT2D eigenvalue weighted by Crippen LogP contribution is -2.11. The molecule has 8 heteroatoms. The van der Waals surface area contributed by atoms with Gasteiger partial charge in [0, 0.05) is 21.8 Å². The maximum Gasteiger partial charge on any atom is 0.267 e. The molecule has 1 N–H and O–H groups in total. The van der Waals surface area contributed by atoms with E-state index in [1.54, 1.807) is 35.0 Å². The van der Waals surface area contributed by atoms with Gasteiger partial charge in [-0.05, 0) is 50.9 Å². The number of thiophene rings is 1. The Kier molecular flexibility index (Phi) is 5.17. The fourth-order valence-corrected chi connectivity index (χ4v) is 4.09. The average Bonchev–Trinajstić information content (AvgIpc) is 3.05. The Bertz CT molecular complexity index is 887. The zero-order valence-electron chi connectivity index (χ0n) is 12.5. The number of anilines is 1. The van der Waals surface area contributed by atoms with E-state index in [-0.39, 0.29) is 11.7 Å². The molecule has 3 aromatic rings. The molecule has 0 unspecified atom stereocenters. The predicted molar refractivity (Wildman–Crippen MR) is 100 cm³/mol. The summed E-state index contributed by atoms with van der Waals surface area (Å²) in [6.07, 6.45) is 0. The molecule has 24 heavy (non-hydrogen) atoms. The number of hydrogen-bond donors (Lipinski definition) is 1. The molecule has 0 saturated carbocycles. The second-order valence-electron chi connectivity index (χ2n) is 5.11. The largest absolute Gasteiger partial charge is 0.304 e. The number of hydrogen-bond acceptors (Lipinski definition) is 3. The van der Waals surface area contributed by atoms with Gasteiger partial charge in [0.2, 0.25) is 0 Å². The SMILES string of the molecule is Cc1cc(NC(=O)c2cc(Br)c(Br)s2)nn1Cc1ccccc1F. The topological polar surface area (TPSA) is 46.9 Å². The average molecular weight is 473 g/mol. The molecule has 124 valence electrons. The summed E-state index contributed by atoms with van der Waals surface area (Å²) >= 11 is 8.05. The summed E-state index contributed by atoms with van der Waals surface area (Å²) in [5.41, 5.74) is 1.38. The van der Waals surface area contributed by atoms with Crippen molar-refractivity contribution in [3.05, 3.63) is 66.6 Å². The first-order valence-electron chi connectivity index (χ1n) is 6.98. The van der Waals surface area contributed by atoms with Crippen LogP contribution in [0.4, 0.5) is 10.2 Å². The molecule has 0 radical (unpaired) electrons. The highest BCUT2D eigenvalue weighted by atomic mass is 79.9. The van der Waals surface area contributed by atoms with Crippen molar-refractivity contribution in [3.8, 4) is 0 Å². The van der Waals surface area contributed by atoms with Gasteiger partial charge < -0.3 is 5.32 Å². The molecule has 1 amide bonds. The first-order valence-corrected chi connectivity index (χ1v) is 9.38. The normalized spacial score (nSPS) is 10.8. The minimum atomic E-state index is -0.272. The Balaban J connectivity index is 1.76. The van der Waals surface area contributed by atoms with Crippen LogP contribution in [0.3, 0.4) is 0 Å². The summed E-state index contributed by atoms with van der Waals surface area (Å²) in [5.74, 6) is -0.0669. The van der Waals surface area contributed by atoms with E-state index in [0.717, 1.165) is 14.0 Å². The molecule has 0 fully saturated rings. The second kappa shape index (κ2) is 7.16. The van der Waals surface area contributed by atoms with Crippen molar-refractivity contribution >= 4 is 54.9 Å². The van der Waals surface area contributed by atoms with Crippen LogP contribution in [0.15, 0.2) is 44.7 Å². The fourth-order valence-electron chi connectivity index (χ4n) is 2.16. The van der Waals surface area contributed by atoms with Crippen LogP contribution >= 0.6 is 43.2 Å². The van der Waals surface area contributed by atoms with Gasteiger partial charge in [0.1, 0.15) is 5.82 Å². The van der Waals surface area contributed by atoms with Crippen molar-refractivity contribution in [1.29, 1.82) is 0 Å². The van der Waals surface area contributed by atoms with Gasteiger partial charge >= 0.3 is 0 Å². The highest BCUT2D eigenvalue weighted by Crippen LogP contribution is 2.32. The number of nitrogens with one attached hydrogen (secondary N) is 1. The number of carbonyl (C=O) groups excluding carboxylic acids is 1. The summed E-state index contributed by atoms with van der Waals surface area (Å²) < 4.78 is 17.1. The molecule has 0 spiro atoms. The smallest absolute Gasteiger partial charge is 0.267 e. The number of carbonyl (C=O) groups is 1. The standard InChI is InChI=1S/C16H12Br2FN3OS/c1-9-6-14(20-16(23)13-7-11(17)15(18)24-13)21-22(9)8-10-4-2-3-5-12(10)19/h2-7H,8H2,1H3,(H,20,21,23). The zero-order chi connectivity index (χ0) is 17.3. The molecule has 1 aromatic carbocycles. The van der Waals surface area contributed by atoms with Crippen LogP contribution in [0.5, 0.6) is 0 Å². The monoisotopic (exact) mass is 471 g/mol. The molecule has 2 aromatic heterocycles.